The molecule has 90 valence electrons. The molecule has 0 bridgehead atoms. The lowest BCUT2D eigenvalue weighted by atomic mass is 10.1. The van der Waals surface area contributed by atoms with Gasteiger partial charge in [-0.2, -0.15) is 5.10 Å². The van der Waals surface area contributed by atoms with Crippen molar-refractivity contribution in [3.05, 3.63) is 48.0 Å². The first-order valence-corrected chi connectivity index (χ1v) is 5.94. The number of rotatable bonds is 5. The highest BCUT2D eigenvalue weighted by Crippen LogP contribution is 2.10. The summed E-state index contributed by atoms with van der Waals surface area (Å²) in [7, 11) is 0. The summed E-state index contributed by atoms with van der Waals surface area (Å²) in [6.45, 7) is 5.97. The van der Waals surface area contributed by atoms with E-state index in [0.29, 0.717) is 6.04 Å². The number of nitrogens with one attached hydrogen (secondary N) is 1. The van der Waals surface area contributed by atoms with Crippen molar-refractivity contribution in [1.82, 2.24) is 20.1 Å². The van der Waals surface area contributed by atoms with E-state index in [4.69, 9.17) is 0 Å². The Bertz CT molecular complexity index is 449. The minimum Gasteiger partial charge on any atom is -0.306 e. The van der Waals surface area contributed by atoms with Crippen molar-refractivity contribution in [3.8, 4) is 0 Å². The van der Waals surface area contributed by atoms with Crippen molar-refractivity contribution in [1.29, 1.82) is 0 Å². The van der Waals surface area contributed by atoms with Crippen LogP contribution in [0, 0.1) is 0 Å². The second-order valence-electron chi connectivity index (χ2n) is 4.09. The summed E-state index contributed by atoms with van der Waals surface area (Å²) in [5.41, 5.74) is 2.41. The van der Waals surface area contributed by atoms with Gasteiger partial charge in [0.05, 0.1) is 6.20 Å². The van der Waals surface area contributed by atoms with E-state index in [-0.39, 0.29) is 0 Å². The Kier molecular flexibility index (Phi) is 3.88. The molecule has 0 saturated heterocycles. The molecule has 0 unspecified atom stereocenters. The first-order chi connectivity index (χ1) is 8.29. The van der Waals surface area contributed by atoms with Gasteiger partial charge in [-0.1, -0.05) is 6.07 Å². The van der Waals surface area contributed by atoms with Crippen molar-refractivity contribution >= 4 is 0 Å². The minimum absolute atomic E-state index is 0.300. The van der Waals surface area contributed by atoms with Crippen molar-refractivity contribution in [3.63, 3.8) is 0 Å². The fraction of sp³-hybridized carbons (Fsp3) is 0.385. The normalized spacial score (nSPS) is 12.6. The molecule has 2 aromatic heterocycles. The Morgan fingerprint density at radius 3 is 2.94 bits per heavy atom. The van der Waals surface area contributed by atoms with Crippen LogP contribution in [0.25, 0.3) is 0 Å². The van der Waals surface area contributed by atoms with Gasteiger partial charge in [-0.3, -0.25) is 9.67 Å². The van der Waals surface area contributed by atoms with E-state index in [0.717, 1.165) is 13.1 Å². The second-order valence-corrected chi connectivity index (χ2v) is 4.09. The van der Waals surface area contributed by atoms with Crippen LogP contribution in [-0.4, -0.2) is 14.8 Å². The molecule has 2 heterocycles. The quantitative estimate of drug-likeness (QED) is 0.855. The molecular formula is C13H18N4. The number of nitrogens with zero attached hydrogens (tertiary/aromatic N) is 3. The Morgan fingerprint density at radius 1 is 1.41 bits per heavy atom. The monoisotopic (exact) mass is 230 g/mol. The topological polar surface area (TPSA) is 42.7 Å². The molecule has 0 aliphatic rings. The van der Waals surface area contributed by atoms with Crippen LogP contribution in [0.2, 0.25) is 0 Å². The first kappa shape index (κ1) is 11.8. The largest absolute Gasteiger partial charge is 0.306 e. The molecule has 0 aliphatic heterocycles. The molecule has 0 fully saturated rings. The van der Waals surface area contributed by atoms with E-state index in [1.165, 1.54) is 11.1 Å². The second kappa shape index (κ2) is 5.59. The van der Waals surface area contributed by atoms with E-state index in [9.17, 15) is 0 Å². The van der Waals surface area contributed by atoms with E-state index >= 15 is 0 Å². The smallest absolute Gasteiger partial charge is 0.0534 e. The SMILES string of the molecule is CCn1cc(CN[C@H](C)c2cccnc2)cn1. The zero-order chi connectivity index (χ0) is 12.1. The molecule has 4 nitrogen and oxygen atoms in total. The Morgan fingerprint density at radius 2 is 2.29 bits per heavy atom. The highest BCUT2D eigenvalue weighted by atomic mass is 15.3. The lowest BCUT2D eigenvalue weighted by Crippen LogP contribution is -2.17. The summed E-state index contributed by atoms with van der Waals surface area (Å²) in [4.78, 5) is 4.12. The molecule has 2 rings (SSSR count). The molecular weight excluding hydrogens is 212 g/mol. The Labute approximate surface area is 102 Å². The van der Waals surface area contributed by atoms with Crippen LogP contribution in [0.1, 0.15) is 31.0 Å². The third-order valence-corrected chi connectivity index (χ3v) is 2.81. The molecule has 0 amide bonds. The van der Waals surface area contributed by atoms with Crippen LogP contribution in [-0.2, 0) is 13.1 Å². The fourth-order valence-electron chi connectivity index (χ4n) is 1.69. The van der Waals surface area contributed by atoms with Crippen LogP contribution in [0.4, 0.5) is 0 Å². The lowest BCUT2D eigenvalue weighted by molar-refractivity contribution is 0.572. The average molecular weight is 230 g/mol. The van der Waals surface area contributed by atoms with Crippen molar-refractivity contribution < 1.29 is 0 Å². The molecule has 0 radical (unpaired) electrons. The molecule has 2 aromatic rings. The maximum Gasteiger partial charge on any atom is 0.0534 e. The number of hydrogen-bond acceptors (Lipinski definition) is 3. The third kappa shape index (κ3) is 3.14. The van der Waals surface area contributed by atoms with Crippen molar-refractivity contribution in [2.24, 2.45) is 0 Å². The highest BCUT2D eigenvalue weighted by Gasteiger charge is 2.05. The van der Waals surface area contributed by atoms with E-state index in [2.05, 4.69) is 41.5 Å². The number of aromatic nitrogens is 3. The van der Waals surface area contributed by atoms with E-state index in [1.807, 2.05) is 23.1 Å². The summed E-state index contributed by atoms with van der Waals surface area (Å²) in [5.74, 6) is 0. The zero-order valence-electron chi connectivity index (χ0n) is 10.3. The van der Waals surface area contributed by atoms with Gasteiger partial charge >= 0.3 is 0 Å². The summed E-state index contributed by atoms with van der Waals surface area (Å²) in [5, 5.41) is 7.71. The summed E-state index contributed by atoms with van der Waals surface area (Å²) >= 11 is 0. The molecule has 4 heteroatoms. The van der Waals surface area contributed by atoms with Gasteiger partial charge < -0.3 is 5.32 Å². The van der Waals surface area contributed by atoms with Gasteiger partial charge in [-0.05, 0) is 25.5 Å². The van der Waals surface area contributed by atoms with Gasteiger partial charge in [0.25, 0.3) is 0 Å². The zero-order valence-corrected chi connectivity index (χ0v) is 10.3. The first-order valence-electron chi connectivity index (χ1n) is 5.94. The molecule has 0 aliphatic carbocycles. The van der Waals surface area contributed by atoms with Crippen LogP contribution >= 0.6 is 0 Å². The number of pyridine rings is 1. The average Bonchev–Trinajstić information content (AvgIpc) is 2.85. The molecule has 0 aromatic carbocycles. The number of hydrogen-bond donors (Lipinski definition) is 1. The summed E-state index contributed by atoms with van der Waals surface area (Å²) < 4.78 is 1.94. The van der Waals surface area contributed by atoms with Gasteiger partial charge in [0.1, 0.15) is 0 Å². The highest BCUT2D eigenvalue weighted by molar-refractivity contribution is 5.13. The molecule has 0 saturated carbocycles. The Hall–Kier alpha value is -1.68. The van der Waals surface area contributed by atoms with Crippen LogP contribution in [0.15, 0.2) is 36.9 Å². The van der Waals surface area contributed by atoms with Gasteiger partial charge in [-0.25, -0.2) is 0 Å². The maximum absolute atomic E-state index is 4.25. The maximum atomic E-state index is 4.25. The fourth-order valence-corrected chi connectivity index (χ4v) is 1.69. The predicted octanol–water partition coefficient (Wildman–Crippen LogP) is 2.15. The van der Waals surface area contributed by atoms with E-state index in [1.54, 1.807) is 6.20 Å². The van der Waals surface area contributed by atoms with Gasteiger partial charge in [0.2, 0.25) is 0 Å². The van der Waals surface area contributed by atoms with Crippen LogP contribution in [0.3, 0.4) is 0 Å². The van der Waals surface area contributed by atoms with E-state index < -0.39 is 0 Å². The predicted molar refractivity (Wildman–Crippen MR) is 67.4 cm³/mol. The Balaban J connectivity index is 1.90. The molecule has 1 N–H and O–H groups in total. The van der Waals surface area contributed by atoms with Gasteiger partial charge in [0, 0.05) is 43.3 Å². The van der Waals surface area contributed by atoms with Gasteiger partial charge in [-0.15, -0.1) is 0 Å². The lowest BCUT2D eigenvalue weighted by Gasteiger charge is -2.12. The molecule has 1 atom stereocenters. The number of aryl methyl sites for hydroxylation is 1. The molecule has 17 heavy (non-hydrogen) atoms. The minimum atomic E-state index is 0.300. The molecule has 0 spiro atoms. The summed E-state index contributed by atoms with van der Waals surface area (Å²) in [6.07, 6.45) is 7.67. The van der Waals surface area contributed by atoms with Crippen molar-refractivity contribution in [2.75, 3.05) is 0 Å². The van der Waals surface area contributed by atoms with Crippen molar-refractivity contribution in [2.45, 2.75) is 33.0 Å². The van der Waals surface area contributed by atoms with Crippen LogP contribution < -0.4 is 5.32 Å². The summed E-state index contributed by atoms with van der Waals surface area (Å²) in [6, 6.07) is 4.34. The van der Waals surface area contributed by atoms with Gasteiger partial charge in [0.15, 0.2) is 0 Å². The third-order valence-electron chi connectivity index (χ3n) is 2.81. The van der Waals surface area contributed by atoms with Crippen LogP contribution in [0.5, 0.6) is 0 Å². The standard InChI is InChI=1S/C13H18N4/c1-3-17-10-12(8-16-17)7-15-11(2)13-5-4-6-14-9-13/h4-6,8-11,15H,3,7H2,1-2H3/t11-/m1/s1.